The topological polar surface area (TPSA) is 53.6 Å². The molecule has 138 valence electrons. The molecule has 2 N–H and O–H groups in total. The van der Waals surface area contributed by atoms with Gasteiger partial charge in [0.2, 0.25) is 0 Å². The third-order valence-electron chi connectivity index (χ3n) is 4.13. The van der Waals surface area contributed by atoms with E-state index in [-0.39, 0.29) is 23.9 Å². The molecule has 1 fully saturated rings. The van der Waals surface area contributed by atoms with E-state index >= 15 is 0 Å². The maximum atomic E-state index is 13.5. The summed E-state index contributed by atoms with van der Waals surface area (Å²) in [6.07, 6.45) is 1.55. The molecule has 0 spiro atoms. The third-order valence-corrected chi connectivity index (χ3v) is 4.13. The number of para-hydroxylation sites is 1. The number of likely N-dealkylation sites (tertiary alicyclic amines) is 1. The first kappa shape index (κ1) is 19.2. The smallest absolute Gasteiger partial charge is 0.315 e. The zero-order chi connectivity index (χ0) is 18.2. The quantitative estimate of drug-likeness (QED) is 0.744. The van der Waals surface area contributed by atoms with E-state index in [2.05, 4.69) is 22.1 Å². The molecule has 0 radical (unpaired) electrons. The Hall–Kier alpha value is -2.08. The highest BCUT2D eigenvalue weighted by atomic mass is 19.1. The van der Waals surface area contributed by atoms with Gasteiger partial charge in [-0.2, -0.15) is 0 Å². The van der Waals surface area contributed by atoms with Crippen LogP contribution in [0.1, 0.15) is 26.7 Å². The van der Waals surface area contributed by atoms with Crippen LogP contribution in [0.2, 0.25) is 0 Å². The fraction of sp³-hybridized carbons (Fsp3) is 0.526. The van der Waals surface area contributed by atoms with Crippen molar-refractivity contribution in [1.82, 2.24) is 15.5 Å². The minimum Gasteiger partial charge on any atom is -0.486 e. The van der Waals surface area contributed by atoms with E-state index < -0.39 is 5.82 Å². The lowest BCUT2D eigenvalue weighted by Gasteiger charge is -2.32. The molecule has 1 saturated heterocycles. The van der Waals surface area contributed by atoms with E-state index in [4.69, 9.17) is 4.74 Å². The first-order valence-electron chi connectivity index (χ1n) is 8.76. The molecule has 0 bridgehead atoms. The van der Waals surface area contributed by atoms with Gasteiger partial charge >= 0.3 is 6.03 Å². The number of hydrogen-bond donors (Lipinski definition) is 2. The van der Waals surface area contributed by atoms with Gasteiger partial charge < -0.3 is 15.4 Å². The number of benzene rings is 1. The predicted octanol–water partition coefficient (Wildman–Crippen LogP) is 2.93. The predicted molar refractivity (Wildman–Crippen MR) is 97.3 cm³/mol. The first-order valence-corrected chi connectivity index (χ1v) is 8.76. The van der Waals surface area contributed by atoms with Crippen LogP contribution < -0.4 is 15.4 Å². The van der Waals surface area contributed by atoms with Crippen LogP contribution in [0.4, 0.5) is 9.18 Å². The Morgan fingerprint density at radius 2 is 2.08 bits per heavy atom. The average Bonchev–Trinajstić information content (AvgIpc) is 2.56. The van der Waals surface area contributed by atoms with E-state index in [0.29, 0.717) is 6.54 Å². The maximum Gasteiger partial charge on any atom is 0.315 e. The largest absolute Gasteiger partial charge is 0.486 e. The average molecular weight is 349 g/mol. The molecule has 1 aliphatic rings. The van der Waals surface area contributed by atoms with Crippen LogP contribution in [0.3, 0.4) is 0 Å². The number of amides is 2. The number of piperidine rings is 1. The third kappa shape index (κ3) is 6.74. The Morgan fingerprint density at radius 3 is 2.72 bits per heavy atom. The molecule has 2 rings (SSSR count). The van der Waals surface area contributed by atoms with Gasteiger partial charge in [0.25, 0.3) is 0 Å². The van der Waals surface area contributed by atoms with Gasteiger partial charge in [0.05, 0.1) is 6.54 Å². The Morgan fingerprint density at radius 1 is 1.40 bits per heavy atom. The molecule has 5 nitrogen and oxygen atoms in total. The summed E-state index contributed by atoms with van der Waals surface area (Å²) in [6, 6.07) is 6.23. The molecule has 0 aromatic heterocycles. The Labute approximate surface area is 149 Å². The van der Waals surface area contributed by atoms with E-state index in [1.165, 1.54) is 6.07 Å². The van der Waals surface area contributed by atoms with Gasteiger partial charge in [-0.15, -0.1) is 0 Å². The first-order chi connectivity index (χ1) is 11.9. The number of carbonyl (C=O) groups is 1. The molecular formula is C19H28FN3O2. The number of rotatable bonds is 7. The highest BCUT2D eigenvalue weighted by Gasteiger charge is 2.20. The summed E-state index contributed by atoms with van der Waals surface area (Å²) in [7, 11) is 0. The Bertz CT molecular complexity index is 586. The Balaban J connectivity index is 1.65. The van der Waals surface area contributed by atoms with E-state index in [0.717, 1.165) is 38.0 Å². The molecule has 0 unspecified atom stereocenters. The van der Waals surface area contributed by atoms with Crippen LogP contribution in [0.15, 0.2) is 36.4 Å². The van der Waals surface area contributed by atoms with Gasteiger partial charge in [-0.05, 0) is 38.8 Å². The number of hydrogen-bond acceptors (Lipinski definition) is 3. The monoisotopic (exact) mass is 349 g/mol. The molecule has 1 heterocycles. The van der Waals surface area contributed by atoms with Crippen molar-refractivity contribution in [3.8, 4) is 5.75 Å². The van der Waals surface area contributed by atoms with Crippen molar-refractivity contribution in [2.24, 2.45) is 0 Å². The molecule has 0 aliphatic carbocycles. The zero-order valence-electron chi connectivity index (χ0n) is 15.1. The number of halogens is 1. The summed E-state index contributed by atoms with van der Waals surface area (Å²) in [5, 5.41) is 5.78. The number of nitrogens with one attached hydrogen (secondary N) is 2. The lowest BCUT2D eigenvalue weighted by atomic mass is 10.0. The standard InChI is InChI=1S/C19H28FN3O2/c1-14(2)13-23-10-8-16(9-11-23)22-19(24)21-12-15(3)25-18-7-5-4-6-17(18)20/h4-7,15-16H,1,8-13H2,2-3H3,(H2,21,22,24)/t15-/m0/s1. The van der Waals surface area contributed by atoms with Crippen LogP contribution in [0.5, 0.6) is 5.75 Å². The van der Waals surface area contributed by atoms with Crippen LogP contribution >= 0.6 is 0 Å². The van der Waals surface area contributed by atoms with Crippen LogP contribution in [0, 0.1) is 5.82 Å². The van der Waals surface area contributed by atoms with Crippen molar-refractivity contribution in [2.45, 2.75) is 38.8 Å². The summed E-state index contributed by atoms with van der Waals surface area (Å²) in [5.41, 5.74) is 1.16. The fourth-order valence-electron chi connectivity index (χ4n) is 2.89. The highest BCUT2D eigenvalue weighted by molar-refractivity contribution is 5.74. The highest BCUT2D eigenvalue weighted by Crippen LogP contribution is 2.16. The summed E-state index contributed by atoms with van der Waals surface area (Å²) in [6.45, 7) is 10.9. The summed E-state index contributed by atoms with van der Waals surface area (Å²) in [4.78, 5) is 14.4. The Kier molecular flexibility index (Phi) is 7.25. The number of ether oxygens (including phenoxy) is 1. The van der Waals surface area contributed by atoms with Crippen LogP contribution in [-0.2, 0) is 0 Å². The van der Waals surface area contributed by atoms with Crippen molar-refractivity contribution in [1.29, 1.82) is 0 Å². The minimum atomic E-state index is -0.402. The molecule has 1 aromatic rings. The van der Waals surface area contributed by atoms with Gasteiger partial charge in [0.15, 0.2) is 11.6 Å². The van der Waals surface area contributed by atoms with Crippen LogP contribution in [-0.4, -0.2) is 49.3 Å². The second-order valence-corrected chi connectivity index (χ2v) is 6.72. The number of urea groups is 1. The molecule has 0 saturated carbocycles. The van der Waals surface area contributed by atoms with Crippen molar-refractivity contribution < 1.29 is 13.9 Å². The molecule has 6 heteroatoms. The summed E-state index contributed by atoms with van der Waals surface area (Å²) < 4.78 is 19.0. The molecule has 1 aromatic carbocycles. The van der Waals surface area contributed by atoms with E-state index in [9.17, 15) is 9.18 Å². The maximum absolute atomic E-state index is 13.5. The van der Waals surface area contributed by atoms with Crippen molar-refractivity contribution in [2.75, 3.05) is 26.2 Å². The summed E-state index contributed by atoms with van der Waals surface area (Å²) in [5.74, 6) is -0.206. The second-order valence-electron chi connectivity index (χ2n) is 6.72. The molecule has 1 aliphatic heterocycles. The summed E-state index contributed by atoms with van der Waals surface area (Å²) >= 11 is 0. The molecule has 1 atom stereocenters. The minimum absolute atomic E-state index is 0.184. The van der Waals surface area contributed by atoms with Gasteiger partial charge in [-0.3, -0.25) is 4.90 Å². The molecular weight excluding hydrogens is 321 g/mol. The zero-order valence-corrected chi connectivity index (χ0v) is 15.1. The van der Waals surface area contributed by atoms with Gasteiger partial charge in [0.1, 0.15) is 6.10 Å². The van der Waals surface area contributed by atoms with Crippen LogP contribution in [0.25, 0.3) is 0 Å². The molecule has 2 amide bonds. The second kappa shape index (κ2) is 9.42. The van der Waals surface area contributed by atoms with Gasteiger partial charge in [0, 0.05) is 25.7 Å². The van der Waals surface area contributed by atoms with Crippen molar-refractivity contribution in [3.05, 3.63) is 42.2 Å². The van der Waals surface area contributed by atoms with Crippen molar-refractivity contribution in [3.63, 3.8) is 0 Å². The lowest BCUT2D eigenvalue weighted by Crippen LogP contribution is -2.49. The number of carbonyl (C=O) groups excluding carboxylic acids is 1. The van der Waals surface area contributed by atoms with E-state index in [1.54, 1.807) is 25.1 Å². The van der Waals surface area contributed by atoms with Gasteiger partial charge in [-0.25, -0.2) is 9.18 Å². The molecule has 25 heavy (non-hydrogen) atoms. The van der Waals surface area contributed by atoms with Gasteiger partial charge in [-0.1, -0.05) is 24.3 Å². The van der Waals surface area contributed by atoms with Crippen molar-refractivity contribution >= 4 is 6.03 Å². The number of nitrogens with zero attached hydrogens (tertiary/aromatic N) is 1. The van der Waals surface area contributed by atoms with E-state index in [1.807, 2.05) is 6.92 Å². The normalized spacial score (nSPS) is 16.9. The fourth-order valence-corrected chi connectivity index (χ4v) is 2.89. The lowest BCUT2D eigenvalue weighted by molar-refractivity contribution is 0.189. The SMILES string of the molecule is C=C(C)CN1CCC(NC(=O)NC[C@H](C)Oc2ccccc2F)CC1.